The minimum Gasteiger partial charge on any atom is -0.326 e. The highest BCUT2D eigenvalue weighted by atomic mass is 128. The second-order valence-corrected chi connectivity index (χ2v) is 9.38. The first-order valence-electron chi connectivity index (χ1n) is 10.9. The van der Waals surface area contributed by atoms with Crippen molar-refractivity contribution >= 4 is 94.8 Å². The van der Waals surface area contributed by atoms with Crippen LogP contribution in [0.2, 0.25) is 0 Å². The predicted octanol–water partition coefficient (Wildman–Crippen LogP) is 7.27. The van der Waals surface area contributed by atoms with Crippen molar-refractivity contribution in [2.24, 2.45) is 0 Å². The van der Waals surface area contributed by atoms with Gasteiger partial charge in [-0.3, -0.25) is 14.1 Å². The van der Waals surface area contributed by atoms with Gasteiger partial charge in [0, 0.05) is 62.5 Å². The van der Waals surface area contributed by atoms with Gasteiger partial charge in [0.15, 0.2) is 0 Å². The quantitative estimate of drug-likeness (QED) is 0.134. The zero-order chi connectivity index (χ0) is 27.6. The number of nitrogens with one attached hydrogen (secondary N) is 2. The first kappa shape index (κ1) is 30.7. The van der Waals surface area contributed by atoms with Crippen molar-refractivity contribution in [2.75, 3.05) is 10.6 Å². The Morgan fingerprint density at radius 3 is 1.59 bits per heavy atom. The van der Waals surface area contributed by atoms with Gasteiger partial charge in [0.25, 0.3) is 10.1 Å². The lowest BCUT2D eigenvalue weighted by atomic mass is 10.0. The largest absolute Gasteiger partial charge is 0.326 e. The van der Waals surface area contributed by atoms with Crippen molar-refractivity contribution < 1.29 is 22.6 Å². The fraction of sp³-hybridized carbons (Fsp3) is 0.111. The zero-order valence-electron chi connectivity index (χ0n) is 20.3. The standard InChI is InChI=1S/C27H26N2O5S.I2/c1-18-16-25(28-19(2)30)14-12-23(18)10-8-21-4-6-22(7-5-21)9-11-24-13-15-26(29-20(3)31)17-27(24)35(32,33)34;1-2/h4-17H,1-3H3,(H,28,30)(H,29,31)(H,32,33,34);/b10-8+,11-9+;. The summed E-state index contributed by atoms with van der Waals surface area (Å²) in [5.74, 6) is -0.459. The maximum Gasteiger partial charge on any atom is 0.295 e. The van der Waals surface area contributed by atoms with Crippen LogP contribution < -0.4 is 10.6 Å². The van der Waals surface area contributed by atoms with E-state index >= 15 is 0 Å². The van der Waals surface area contributed by atoms with E-state index in [-0.39, 0.29) is 22.4 Å². The van der Waals surface area contributed by atoms with E-state index in [2.05, 4.69) is 47.9 Å². The molecular weight excluding hydrogens is 718 g/mol. The molecule has 194 valence electrons. The molecule has 0 saturated carbocycles. The van der Waals surface area contributed by atoms with Crippen molar-refractivity contribution in [3.63, 3.8) is 0 Å². The molecule has 0 saturated heterocycles. The summed E-state index contributed by atoms with van der Waals surface area (Å²) >= 11 is 4.24. The van der Waals surface area contributed by atoms with Gasteiger partial charge < -0.3 is 10.6 Å². The number of anilines is 2. The van der Waals surface area contributed by atoms with E-state index in [1.807, 2.05) is 61.5 Å². The van der Waals surface area contributed by atoms with E-state index in [1.165, 1.54) is 26.0 Å². The van der Waals surface area contributed by atoms with E-state index in [0.29, 0.717) is 5.56 Å². The third kappa shape index (κ3) is 10.0. The van der Waals surface area contributed by atoms with Gasteiger partial charge in [0.1, 0.15) is 4.90 Å². The Hall–Kier alpha value is -2.55. The van der Waals surface area contributed by atoms with Crippen LogP contribution in [0, 0.1) is 6.92 Å². The highest BCUT2D eigenvalue weighted by Gasteiger charge is 2.15. The monoisotopic (exact) mass is 744 g/mol. The summed E-state index contributed by atoms with van der Waals surface area (Å²) in [4.78, 5) is 22.1. The minimum atomic E-state index is -4.48. The normalized spacial score (nSPS) is 11.2. The van der Waals surface area contributed by atoms with Crippen molar-refractivity contribution in [2.45, 2.75) is 25.7 Å². The lowest BCUT2D eigenvalue weighted by Gasteiger charge is -2.07. The van der Waals surface area contributed by atoms with E-state index < -0.39 is 10.1 Å². The smallest absolute Gasteiger partial charge is 0.295 e. The number of carbonyl (C=O) groups is 2. The van der Waals surface area contributed by atoms with Crippen LogP contribution in [-0.4, -0.2) is 24.8 Å². The number of halogens is 2. The summed E-state index contributed by atoms with van der Waals surface area (Å²) in [5, 5.41) is 5.27. The molecule has 0 fully saturated rings. The Bertz CT molecular complexity index is 1430. The topological polar surface area (TPSA) is 113 Å². The maximum absolute atomic E-state index is 11.8. The number of rotatable bonds is 7. The minimum absolute atomic E-state index is 0.113. The number of benzene rings is 3. The molecule has 0 unspecified atom stereocenters. The molecule has 0 heterocycles. The van der Waals surface area contributed by atoms with Gasteiger partial charge in [-0.05, 0) is 59.0 Å². The molecule has 0 spiro atoms. The van der Waals surface area contributed by atoms with Crippen LogP contribution in [0.5, 0.6) is 0 Å². The number of hydrogen-bond donors (Lipinski definition) is 3. The Kier molecular flexibility index (Phi) is 11.9. The van der Waals surface area contributed by atoms with Crippen molar-refractivity contribution in [3.05, 3.63) is 88.5 Å². The van der Waals surface area contributed by atoms with Crippen molar-refractivity contribution in [1.82, 2.24) is 0 Å². The average Bonchev–Trinajstić information content (AvgIpc) is 2.83. The molecule has 7 nitrogen and oxygen atoms in total. The van der Waals surface area contributed by atoms with Gasteiger partial charge in [-0.2, -0.15) is 8.42 Å². The summed E-state index contributed by atoms with van der Waals surface area (Å²) in [6.45, 7) is 4.76. The van der Waals surface area contributed by atoms with Gasteiger partial charge in [-0.25, -0.2) is 0 Å². The third-order valence-electron chi connectivity index (χ3n) is 5.05. The fourth-order valence-electron chi connectivity index (χ4n) is 3.41. The first-order valence-corrected chi connectivity index (χ1v) is 18.6. The molecular formula is C27H26I2N2O5S. The number of hydrogen-bond acceptors (Lipinski definition) is 4. The molecule has 2 amide bonds. The Morgan fingerprint density at radius 2 is 1.16 bits per heavy atom. The lowest BCUT2D eigenvalue weighted by molar-refractivity contribution is -0.115. The zero-order valence-corrected chi connectivity index (χ0v) is 25.5. The molecule has 0 aliphatic carbocycles. The molecule has 0 atom stereocenters. The van der Waals surface area contributed by atoms with Crippen LogP contribution in [0.3, 0.4) is 0 Å². The van der Waals surface area contributed by atoms with E-state index in [1.54, 1.807) is 18.2 Å². The van der Waals surface area contributed by atoms with Crippen LogP contribution in [0.1, 0.15) is 41.7 Å². The van der Waals surface area contributed by atoms with E-state index in [0.717, 1.165) is 27.9 Å². The Labute approximate surface area is 240 Å². The van der Waals surface area contributed by atoms with Crippen molar-refractivity contribution in [1.29, 1.82) is 0 Å². The Balaban J connectivity index is 0.00000235. The van der Waals surface area contributed by atoms with Gasteiger partial charge >= 0.3 is 0 Å². The van der Waals surface area contributed by atoms with Gasteiger partial charge in [-0.1, -0.05) is 60.7 Å². The number of amides is 2. The molecule has 3 N–H and O–H groups in total. The number of carbonyl (C=O) groups excluding carboxylic acids is 2. The third-order valence-corrected chi connectivity index (χ3v) is 5.96. The summed E-state index contributed by atoms with van der Waals surface area (Å²) < 4.78 is 33.2. The van der Waals surface area contributed by atoms with Gasteiger partial charge in [0.05, 0.1) is 0 Å². The molecule has 0 bridgehead atoms. The van der Waals surface area contributed by atoms with E-state index in [4.69, 9.17) is 0 Å². The maximum atomic E-state index is 11.8. The molecule has 3 aromatic rings. The molecule has 3 rings (SSSR count). The Morgan fingerprint density at radius 1 is 0.730 bits per heavy atom. The average molecular weight is 744 g/mol. The summed E-state index contributed by atoms with van der Waals surface area (Å²) in [7, 11) is -4.48. The second kappa shape index (κ2) is 14.4. The van der Waals surface area contributed by atoms with Crippen LogP contribution >= 0.6 is 37.2 Å². The molecule has 0 aliphatic rings. The van der Waals surface area contributed by atoms with Crippen LogP contribution in [0.25, 0.3) is 24.3 Å². The summed E-state index contributed by atoms with van der Waals surface area (Å²) in [6, 6.07) is 17.7. The van der Waals surface area contributed by atoms with E-state index in [9.17, 15) is 22.6 Å². The fourth-order valence-corrected chi connectivity index (χ4v) is 4.12. The molecule has 0 aromatic heterocycles. The lowest BCUT2D eigenvalue weighted by Crippen LogP contribution is -2.08. The molecule has 0 aliphatic heterocycles. The van der Waals surface area contributed by atoms with Crippen LogP contribution in [0.15, 0.2) is 65.6 Å². The summed E-state index contributed by atoms with van der Waals surface area (Å²) in [6.07, 6.45) is 7.30. The SMILES string of the molecule is CC(=O)Nc1ccc(/C=C/c2ccc(/C=C/c3ccc(NC(C)=O)cc3S(=O)(=O)O)cc2)c(C)c1.II. The molecule has 10 heteroatoms. The van der Waals surface area contributed by atoms with Crippen molar-refractivity contribution in [3.8, 4) is 0 Å². The summed E-state index contributed by atoms with van der Waals surface area (Å²) in [5.41, 5.74) is 5.21. The molecule has 3 aromatic carbocycles. The molecule has 0 radical (unpaired) electrons. The van der Waals surface area contributed by atoms with Gasteiger partial charge in [0.2, 0.25) is 11.8 Å². The highest BCUT2D eigenvalue weighted by molar-refractivity contribution is 15.0. The highest BCUT2D eigenvalue weighted by Crippen LogP contribution is 2.23. The van der Waals surface area contributed by atoms with Crippen LogP contribution in [-0.2, 0) is 19.7 Å². The molecule has 37 heavy (non-hydrogen) atoms. The van der Waals surface area contributed by atoms with Gasteiger partial charge in [-0.15, -0.1) is 0 Å². The number of aryl methyl sites for hydroxylation is 1. The first-order chi connectivity index (χ1) is 17.5. The predicted molar refractivity (Wildman–Crippen MR) is 168 cm³/mol. The van der Waals surface area contributed by atoms with Crippen LogP contribution in [0.4, 0.5) is 11.4 Å². The second-order valence-electron chi connectivity index (χ2n) is 7.99.